The maximum absolute atomic E-state index is 4.35. The van der Waals surface area contributed by atoms with Crippen LogP contribution in [0.5, 0.6) is 0 Å². The molecule has 0 aliphatic rings. The zero-order chi connectivity index (χ0) is 15.8. The normalized spacial score (nSPS) is 11.7. The van der Waals surface area contributed by atoms with E-state index in [2.05, 4.69) is 58.0 Å². The number of aliphatic imine (C=N–C) groups is 1. The molecule has 0 aliphatic heterocycles. The van der Waals surface area contributed by atoms with E-state index in [1.165, 1.54) is 10.4 Å². The highest BCUT2D eigenvalue weighted by atomic mass is 32.1. The second kappa shape index (κ2) is 8.58. The molecule has 0 unspecified atom stereocenters. The van der Waals surface area contributed by atoms with E-state index in [1.54, 1.807) is 0 Å². The van der Waals surface area contributed by atoms with E-state index < -0.39 is 0 Å². The number of rotatable bonds is 7. The van der Waals surface area contributed by atoms with E-state index in [0.29, 0.717) is 0 Å². The smallest absolute Gasteiger partial charge is 0.193 e. The monoisotopic (exact) mass is 319 g/mol. The number of aromatic nitrogens is 2. The van der Waals surface area contributed by atoms with Crippen molar-refractivity contribution in [3.05, 3.63) is 40.3 Å². The molecular weight excluding hydrogens is 294 g/mol. The SMILES string of the molecule is CN=C(NCCCn1cc(C)cn1)N(C)CCc1cccs1. The van der Waals surface area contributed by atoms with Gasteiger partial charge in [0.05, 0.1) is 6.20 Å². The summed E-state index contributed by atoms with van der Waals surface area (Å²) in [6.45, 7) is 4.86. The molecule has 5 nitrogen and oxygen atoms in total. The van der Waals surface area contributed by atoms with Crippen molar-refractivity contribution in [3.63, 3.8) is 0 Å². The number of thiophene rings is 1. The topological polar surface area (TPSA) is 45.5 Å². The number of hydrogen-bond donors (Lipinski definition) is 1. The number of likely N-dealkylation sites (N-methyl/N-ethyl adjacent to an activating group) is 1. The summed E-state index contributed by atoms with van der Waals surface area (Å²) < 4.78 is 1.99. The van der Waals surface area contributed by atoms with Crippen LogP contribution in [0.25, 0.3) is 0 Å². The van der Waals surface area contributed by atoms with Gasteiger partial charge in [0.15, 0.2) is 5.96 Å². The van der Waals surface area contributed by atoms with Gasteiger partial charge < -0.3 is 10.2 Å². The van der Waals surface area contributed by atoms with Gasteiger partial charge in [-0.05, 0) is 36.8 Å². The van der Waals surface area contributed by atoms with Gasteiger partial charge in [-0.3, -0.25) is 9.67 Å². The molecular formula is C16H25N5S. The third-order valence-electron chi connectivity index (χ3n) is 3.46. The lowest BCUT2D eigenvalue weighted by Gasteiger charge is -2.21. The van der Waals surface area contributed by atoms with Crippen molar-refractivity contribution in [2.24, 2.45) is 4.99 Å². The third kappa shape index (κ3) is 5.18. The molecule has 1 N–H and O–H groups in total. The molecule has 2 rings (SSSR count). The van der Waals surface area contributed by atoms with Gasteiger partial charge in [0.2, 0.25) is 0 Å². The van der Waals surface area contributed by atoms with Crippen molar-refractivity contribution in [1.29, 1.82) is 0 Å². The molecule has 0 bridgehead atoms. The summed E-state index contributed by atoms with van der Waals surface area (Å²) in [4.78, 5) is 7.94. The van der Waals surface area contributed by atoms with Gasteiger partial charge in [0.25, 0.3) is 0 Å². The number of nitrogens with one attached hydrogen (secondary N) is 1. The summed E-state index contributed by atoms with van der Waals surface area (Å²) >= 11 is 1.81. The van der Waals surface area contributed by atoms with Crippen LogP contribution in [0.1, 0.15) is 16.9 Å². The largest absolute Gasteiger partial charge is 0.356 e. The van der Waals surface area contributed by atoms with E-state index in [0.717, 1.165) is 38.4 Å². The van der Waals surface area contributed by atoms with Gasteiger partial charge in [-0.25, -0.2) is 0 Å². The molecule has 0 aromatic carbocycles. The van der Waals surface area contributed by atoms with Crippen LogP contribution in [0.3, 0.4) is 0 Å². The minimum absolute atomic E-state index is 0.898. The van der Waals surface area contributed by atoms with Crippen LogP contribution in [0.4, 0.5) is 0 Å². The molecule has 2 heterocycles. The van der Waals surface area contributed by atoms with Crippen molar-refractivity contribution >= 4 is 17.3 Å². The molecule has 2 aromatic rings. The average molecular weight is 319 g/mol. The molecule has 0 saturated carbocycles. The van der Waals surface area contributed by atoms with Crippen LogP contribution in [-0.4, -0.2) is 47.8 Å². The lowest BCUT2D eigenvalue weighted by molar-refractivity contribution is 0.480. The first-order chi connectivity index (χ1) is 10.7. The first-order valence-electron chi connectivity index (χ1n) is 7.62. The van der Waals surface area contributed by atoms with Gasteiger partial charge in [0, 0.05) is 44.8 Å². The highest BCUT2D eigenvalue weighted by molar-refractivity contribution is 7.09. The van der Waals surface area contributed by atoms with Gasteiger partial charge >= 0.3 is 0 Å². The van der Waals surface area contributed by atoms with Crippen molar-refractivity contribution < 1.29 is 0 Å². The van der Waals surface area contributed by atoms with Crippen LogP contribution in [0.2, 0.25) is 0 Å². The molecule has 0 amide bonds. The second-order valence-electron chi connectivity index (χ2n) is 5.36. The summed E-state index contributed by atoms with van der Waals surface area (Å²) in [5.41, 5.74) is 1.21. The Morgan fingerprint density at radius 3 is 3.00 bits per heavy atom. The van der Waals surface area contributed by atoms with Crippen molar-refractivity contribution in [3.8, 4) is 0 Å². The fraction of sp³-hybridized carbons (Fsp3) is 0.500. The Balaban J connectivity index is 1.67. The Kier molecular flexibility index (Phi) is 6.45. The van der Waals surface area contributed by atoms with Gasteiger partial charge in [-0.2, -0.15) is 5.10 Å². The molecule has 0 radical (unpaired) electrons. The Morgan fingerprint density at radius 2 is 2.36 bits per heavy atom. The summed E-state index contributed by atoms with van der Waals surface area (Å²) in [6, 6.07) is 4.28. The maximum Gasteiger partial charge on any atom is 0.193 e. The van der Waals surface area contributed by atoms with Crippen molar-refractivity contribution in [1.82, 2.24) is 20.0 Å². The van der Waals surface area contributed by atoms with Gasteiger partial charge in [-0.1, -0.05) is 6.07 Å². The zero-order valence-electron chi connectivity index (χ0n) is 13.6. The van der Waals surface area contributed by atoms with Crippen LogP contribution < -0.4 is 5.32 Å². The van der Waals surface area contributed by atoms with E-state index >= 15 is 0 Å². The number of nitrogens with zero attached hydrogens (tertiary/aromatic N) is 4. The van der Waals surface area contributed by atoms with Gasteiger partial charge in [0.1, 0.15) is 0 Å². The second-order valence-corrected chi connectivity index (χ2v) is 6.39. The molecule has 22 heavy (non-hydrogen) atoms. The van der Waals surface area contributed by atoms with E-state index in [4.69, 9.17) is 0 Å². The van der Waals surface area contributed by atoms with E-state index in [1.807, 2.05) is 29.3 Å². The molecule has 120 valence electrons. The van der Waals surface area contributed by atoms with Crippen molar-refractivity contribution in [2.75, 3.05) is 27.2 Å². The fourth-order valence-corrected chi connectivity index (χ4v) is 2.95. The van der Waals surface area contributed by atoms with Crippen LogP contribution >= 0.6 is 11.3 Å². The fourth-order valence-electron chi connectivity index (χ4n) is 2.25. The summed E-state index contributed by atoms with van der Waals surface area (Å²) in [5.74, 6) is 0.952. The predicted molar refractivity (Wildman–Crippen MR) is 93.6 cm³/mol. The number of guanidine groups is 1. The van der Waals surface area contributed by atoms with Crippen molar-refractivity contribution in [2.45, 2.75) is 26.3 Å². The standard InChI is InChI=1S/C16H25N5S/c1-14-12-19-21(13-14)9-5-8-18-16(17-2)20(3)10-7-15-6-4-11-22-15/h4,6,11-13H,5,7-10H2,1-3H3,(H,17,18). The van der Waals surface area contributed by atoms with Crippen LogP contribution in [0.15, 0.2) is 34.9 Å². The Hall–Kier alpha value is -1.82. The first-order valence-corrected chi connectivity index (χ1v) is 8.50. The van der Waals surface area contributed by atoms with Gasteiger partial charge in [-0.15, -0.1) is 11.3 Å². The Morgan fingerprint density at radius 1 is 1.50 bits per heavy atom. The zero-order valence-corrected chi connectivity index (χ0v) is 14.4. The quantitative estimate of drug-likeness (QED) is 0.484. The van der Waals surface area contributed by atoms with E-state index in [9.17, 15) is 0 Å². The predicted octanol–water partition coefficient (Wildman–Crippen LogP) is 2.39. The highest BCUT2D eigenvalue weighted by Crippen LogP contribution is 2.09. The Labute approximate surface area is 136 Å². The molecule has 0 saturated heterocycles. The molecule has 0 aliphatic carbocycles. The minimum atomic E-state index is 0.898. The average Bonchev–Trinajstić information content (AvgIpc) is 3.16. The third-order valence-corrected chi connectivity index (χ3v) is 4.39. The number of hydrogen-bond acceptors (Lipinski definition) is 3. The molecule has 0 spiro atoms. The summed E-state index contributed by atoms with van der Waals surface area (Å²) in [7, 11) is 3.92. The number of aryl methyl sites for hydroxylation is 2. The Bertz CT molecular complexity index is 573. The molecule has 0 fully saturated rings. The highest BCUT2D eigenvalue weighted by Gasteiger charge is 2.05. The molecule has 2 aromatic heterocycles. The summed E-state index contributed by atoms with van der Waals surface area (Å²) in [5, 5.41) is 9.83. The lowest BCUT2D eigenvalue weighted by atomic mass is 10.3. The molecule has 6 heteroatoms. The first kappa shape index (κ1) is 16.5. The van der Waals surface area contributed by atoms with E-state index in [-0.39, 0.29) is 0 Å². The van der Waals surface area contributed by atoms with Crippen LogP contribution in [0, 0.1) is 6.92 Å². The minimum Gasteiger partial charge on any atom is -0.356 e. The lowest BCUT2D eigenvalue weighted by Crippen LogP contribution is -2.40. The summed E-state index contributed by atoms with van der Waals surface area (Å²) in [6.07, 6.45) is 6.05. The maximum atomic E-state index is 4.35. The molecule has 0 atom stereocenters. The van der Waals surface area contributed by atoms with Crippen LogP contribution in [-0.2, 0) is 13.0 Å².